The van der Waals surface area contributed by atoms with Crippen LogP contribution < -0.4 is 21.3 Å². The summed E-state index contributed by atoms with van der Waals surface area (Å²) in [6.07, 6.45) is -2.43. The SMILES string of the molecule is CNC(=O)C(O)C(C[C@@H]1CCNC1=O)NC(=O)c1cc(Cl)ccc1NC(=O)O. The number of rotatable bonds is 7. The number of anilines is 1. The molecule has 1 aliphatic rings. The summed E-state index contributed by atoms with van der Waals surface area (Å²) in [4.78, 5) is 47.4. The van der Waals surface area contributed by atoms with Crippen LogP contribution in [-0.2, 0) is 9.59 Å². The number of halogens is 1. The molecule has 2 rings (SSSR count). The second kappa shape index (κ2) is 9.38. The minimum absolute atomic E-state index is 0.0128. The van der Waals surface area contributed by atoms with E-state index in [-0.39, 0.29) is 28.6 Å². The Bertz CT molecular complexity index is 787. The molecule has 11 heteroatoms. The maximum absolute atomic E-state index is 12.7. The highest BCUT2D eigenvalue weighted by atomic mass is 35.5. The van der Waals surface area contributed by atoms with E-state index in [4.69, 9.17) is 16.7 Å². The summed E-state index contributed by atoms with van der Waals surface area (Å²) in [7, 11) is 1.33. The second-order valence-electron chi connectivity index (χ2n) is 6.27. The monoisotopic (exact) mass is 412 g/mol. The Hall–Kier alpha value is -2.85. The van der Waals surface area contributed by atoms with E-state index < -0.39 is 36.0 Å². The highest BCUT2D eigenvalue weighted by Crippen LogP contribution is 2.23. The molecule has 2 unspecified atom stereocenters. The number of aliphatic hydroxyl groups is 1. The van der Waals surface area contributed by atoms with E-state index in [1.54, 1.807) is 0 Å². The third kappa shape index (κ3) is 5.33. The fraction of sp³-hybridized carbons (Fsp3) is 0.412. The molecule has 1 aliphatic heterocycles. The average Bonchev–Trinajstić information content (AvgIpc) is 3.05. The molecular formula is C17H21ClN4O6. The van der Waals surface area contributed by atoms with E-state index in [0.29, 0.717) is 13.0 Å². The van der Waals surface area contributed by atoms with Gasteiger partial charge >= 0.3 is 6.09 Å². The van der Waals surface area contributed by atoms with Crippen LogP contribution >= 0.6 is 11.6 Å². The summed E-state index contributed by atoms with van der Waals surface area (Å²) >= 11 is 5.90. The van der Waals surface area contributed by atoms with Crippen LogP contribution in [0.2, 0.25) is 5.02 Å². The Balaban J connectivity index is 2.26. The molecule has 1 saturated heterocycles. The summed E-state index contributed by atoms with van der Waals surface area (Å²) in [5.41, 5.74) is -0.0962. The summed E-state index contributed by atoms with van der Waals surface area (Å²) in [5.74, 6) is -2.17. The van der Waals surface area contributed by atoms with Gasteiger partial charge in [-0.1, -0.05) is 11.6 Å². The van der Waals surface area contributed by atoms with Gasteiger partial charge in [0.1, 0.15) is 0 Å². The molecule has 4 amide bonds. The second-order valence-corrected chi connectivity index (χ2v) is 6.71. The Morgan fingerprint density at radius 1 is 1.36 bits per heavy atom. The highest BCUT2D eigenvalue weighted by molar-refractivity contribution is 6.31. The zero-order chi connectivity index (χ0) is 20.8. The van der Waals surface area contributed by atoms with Crippen LogP contribution in [0.3, 0.4) is 0 Å². The lowest BCUT2D eigenvalue weighted by molar-refractivity contribution is -0.131. The van der Waals surface area contributed by atoms with Crippen molar-refractivity contribution in [1.29, 1.82) is 0 Å². The Kier molecular flexibility index (Phi) is 7.18. The first kappa shape index (κ1) is 21.5. The quantitative estimate of drug-likeness (QED) is 0.374. The maximum atomic E-state index is 12.7. The molecule has 1 fully saturated rings. The number of hydrogen-bond donors (Lipinski definition) is 6. The molecule has 10 nitrogen and oxygen atoms in total. The van der Waals surface area contributed by atoms with Crippen molar-refractivity contribution < 1.29 is 29.4 Å². The smallest absolute Gasteiger partial charge is 0.409 e. The fourth-order valence-electron chi connectivity index (χ4n) is 2.95. The van der Waals surface area contributed by atoms with E-state index in [1.165, 1.54) is 25.2 Å². The Labute approximate surface area is 165 Å². The Morgan fingerprint density at radius 3 is 2.64 bits per heavy atom. The molecular weight excluding hydrogens is 392 g/mol. The van der Waals surface area contributed by atoms with Gasteiger partial charge in [0.2, 0.25) is 5.91 Å². The maximum Gasteiger partial charge on any atom is 0.409 e. The van der Waals surface area contributed by atoms with Gasteiger partial charge in [0.05, 0.1) is 17.3 Å². The highest BCUT2D eigenvalue weighted by Gasteiger charge is 2.34. The topological polar surface area (TPSA) is 157 Å². The number of benzene rings is 1. The molecule has 0 spiro atoms. The van der Waals surface area contributed by atoms with Crippen LogP contribution in [0.5, 0.6) is 0 Å². The van der Waals surface area contributed by atoms with E-state index in [0.717, 1.165) is 0 Å². The number of carbonyl (C=O) groups is 4. The van der Waals surface area contributed by atoms with Crippen LogP contribution in [0, 0.1) is 5.92 Å². The third-order valence-corrected chi connectivity index (χ3v) is 4.62. The minimum Gasteiger partial charge on any atom is -0.465 e. The lowest BCUT2D eigenvalue weighted by atomic mass is 9.94. The van der Waals surface area contributed by atoms with E-state index in [9.17, 15) is 24.3 Å². The van der Waals surface area contributed by atoms with Gasteiger partial charge in [-0.25, -0.2) is 4.79 Å². The van der Waals surface area contributed by atoms with Gasteiger partial charge in [-0.3, -0.25) is 19.7 Å². The van der Waals surface area contributed by atoms with Crippen LogP contribution in [0.25, 0.3) is 0 Å². The van der Waals surface area contributed by atoms with Crippen molar-refractivity contribution in [3.8, 4) is 0 Å². The molecule has 0 aliphatic carbocycles. The molecule has 0 aromatic heterocycles. The minimum atomic E-state index is -1.60. The summed E-state index contributed by atoms with van der Waals surface area (Å²) in [5, 5.41) is 29.0. The first-order valence-corrected chi connectivity index (χ1v) is 8.88. The first-order valence-electron chi connectivity index (χ1n) is 8.50. The van der Waals surface area contributed by atoms with Crippen molar-refractivity contribution >= 4 is 41.1 Å². The zero-order valence-corrected chi connectivity index (χ0v) is 15.7. The number of hydrogen-bond acceptors (Lipinski definition) is 5. The van der Waals surface area contributed by atoms with Gasteiger partial charge in [-0.2, -0.15) is 0 Å². The van der Waals surface area contributed by atoms with Gasteiger partial charge < -0.3 is 26.2 Å². The number of likely N-dealkylation sites (N-methyl/N-ethyl adjacent to an activating group) is 1. The summed E-state index contributed by atoms with van der Waals surface area (Å²) in [6.45, 7) is 0.473. The van der Waals surface area contributed by atoms with E-state index >= 15 is 0 Å². The largest absolute Gasteiger partial charge is 0.465 e. The fourth-order valence-corrected chi connectivity index (χ4v) is 3.12. The molecule has 3 atom stereocenters. The molecule has 0 saturated carbocycles. The lowest BCUT2D eigenvalue weighted by Crippen LogP contribution is -2.51. The standard InChI is InChI=1S/C17H21ClN4O6/c1-19-16(26)13(23)12(6-8-4-5-20-14(8)24)21-15(25)10-7-9(18)2-3-11(10)22-17(27)28/h2-3,7-8,12-13,22-23H,4-6H2,1H3,(H,19,26)(H,20,24)(H,21,25)(H,27,28)/t8-,12?,13?/m0/s1. The third-order valence-electron chi connectivity index (χ3n) is 4.38. The van der Waals surface area contributed by atoms with Gasteiger partial charge in [-0.15, -0.1) is 0 Å². The predicted molar refractivity (Wildman–Crippen MR) is 100 cm³/mol. The number of carboxylic acid groups (broad SMARTS) is 1. The van der Waals surface area contributed by atoms with E-state index in [2.05, 4.69) is 21.3 Å². The summed E-state index contributed by atoms with van der Waals surface area (Å²) in [6, 6.07) is 2.91. The normalized spacial score (nSPS) is 18.0. The lowest BCUT2D eigenvalue weighted by Gasteiger charge is -2.25. The van der Waals surface area contributed by atoms with Crippen molar-refractivity contribution in [2.45, 2.75) is 25.0 Å². The van der Waals surface area contributed by atoms with Crippen molar-refractivity contribution in [2.24, 2.45) is 5.92 Å². The molecule has 152 valence electrons. The van der Waals surface area contributed by atoms with Crippen molar-refractivity contribution in [3.63, 3.8) is 0 Å². The van der Waals surface area contributed by atoms with Crippen molar-refractivity contribution in [2.75, 3.05) is 18.9 Å². The molecule has 0 radical (unpaired) electrons. The van der Waals surface area contributed by atoms with Crippen molar-refractivity contribution in [1.82, 2.24) is 16.0 Å². The van der Waals surface area contributed by atoms with Crippen LogP contribution in [0.1, 0.15) is 23.2 Å². The number of nitrogens with one attached hydrogen (secondary N) is 4. The van der Waals surface area contributed by atoms with Crippen LogP contribution in [-0.4, -0.2) is 59.8 Å². The van der Waals surface area contributed by atoms with Crippen LogP contribution in [0.4, 0.5) is 10.5 Å². The van der Waals surface area contributed by atoms with Gasteiger partial charge in [0, 0.05) is 24.5 Å². The average molecular weight is 413 g/mol. The van der Waals surface area contributed by atoms with Crippen LogP contribution in [0.15, 0.2) is 18.2 Å². The number of carbonyl (C=O) groups excluding carboxylic acids is 3. The molecule has 0 bridgehead atoms. The Morgan fingerprint density at radius 2 is 2.07 bits per heavy atom. The van der Waals surface area contributed by atoms with E-state index in [1.807, 2.05) is 0 Å². The zero-order valence-electron chi connectivity index (χ0n) is 15.0. The predicted octanol–water partition coefficient (Wildman–Crippen LogP) is 0.161. The van der Waals surface area contributed by atoms with Gasteiger partial charge in [-0.05, 0) is 31.0 Å². The molecule has 1 aromatic rings. The molecule has 28 heavy (non-hydrogen) atoms. The molecule has 1 heterocycles. The van der Waals surface area contributed by atoms with Gasteiger partial charge in [0.25, 0.3) is 11.8 Å². The molecule has 1 aromatic carbocycles. The summed E-state index contributed by atoms with van der Waals surface area (Å²) < 4.78 is 0. The van der Waals surface area contributed by atoms with Gasteiger partial charge in [0.15, 0.2) is 6.10 Å². The number of aliphatic hydroxyl groups excluding tert-OH is 1. The first-order chi connectivity index (χ1) is 13.2. The number of amides is 4. The molecule has 6 N–H and O–H groups in total. The van der Waals surface area contributed by atoms with Crippen molar-refractivity contribution in [3.05, 3.63) is 28.8 Å².